The molecule has 0 radical (unpaired) electrons. The Morgan fingerprint density at radius 1 is 1.24 bits per heavy atom. The molecule has 0 aliphatic carbocycles. The van der Waals surface area contributed by atoms with Crippen LogP contribution in [0.3, 0.4) is 0 Å². The number of nitrogens with one attached hydrogen (secondary N) is 1. The highest BCUT2D eigenvalue weighted by molar-refractivity contribution is 8.00. The van der Waals surface area contributed by atoms with Gasteiger partial charge in [0.25, 0.3) is 0 Å². The monoisotopic (exact) mass is 487 g/mol. The fourth-order valence-corrected chi connectivity index (χ4v) is 5.44. The minimum Gasteiger partial charge on any atom is -0.493 e. The second kappa shape index (κ2) is 10.3. The van der Waals surface area contributed by atoms with Crippen molar-refractivity contribution in [2.45, 2.75) is 19.4 Å². The smallest absolute Gasteiger partial charge is 0.235 e. The number of rotatable bonds is 8. The number of carbonyl (C=O) groups excluding carboxylic acids is 2. The normalized spacial score (nSPS) is 15.1. The number of fused-ring (bicyclic) bond motifs is 1. The van der Waals surface area contributed by atoms with E-state index in [2.05, 4.69) is 10.5 Å². The Morgan fingerprint density at radius 3 is 2.70 bits per heavy atom. The maximum absolute atomic E-state index is 13.2. The van der Waals surface area contributed by atoms with Gasteiger partial charge in [-0.3, -0.25) is 9.59 Å². The topological polar surface area (TPSA) is 93.9 Å². The van der Waals surface area contributed by atoms with Crippen LogP contribution in [0.15, 0.2) is 40.2 Å². The molecule has 1 aromatic carbocycles. The van der Waals surface area contributed by atoms with Crippen LogP contribution in [0.2, 0.25) is 0 Å². The van der Waals surface area contributed by atoms with Crippen molar-refractivity contribution in [1.29, 1.82) is 0 Å². The molecule has 10 heteroatoms. The molecule has 174 valence electrons. The molecular formula is C23H25N3O5S2. The summed E-state index contributed by atoms with van der Waals surface area (Å²) < 4.78 is 15.9. The third kappa shape index (κ3) is 5.17. The Hall–Kier alpha value is -2.98. The van der Waals surface area contributed by atoms with Crippen LogP contribution in [0.25, 0.3) is 0 Å². The van der Waals surface area contributed by atoms with Gasteiger partial charge in [0.1, 0.15) is 5.76 Å². The first-order valence-corrected chi connectivity index (χ1v) is 12.4. The number of thiophene rings is 1. The Kier molecular flexibility index (Phi) is 7.24. The SMILES string of the molecule is COc1cc2c(cc1OC)C(c1cccs1)N(C(=O)CSCC(=O)Nc1cc(C)on1)CC2. The van der Waals surface area contributed by atoms with E-state index in [0.29, 0.717) is 29.6 Å². The number of aryl methyl sites for hydroxylation is 1. The highest BCUT2D eigenvalue weighted by atomic mass is 32.2. The Bertz CT molecular complexity index is 1130. The molecule has 2 aromatic heterocycles. The summed E-state index contributed by atoms with van der Waals surface area (Å²) in [5, 5.41) is 8.43. The number of methoxy groups -OCH3 is 2. The first-order valence-electron chi connectivity index (χ1n) is 10.4. The van der Waals surface area contributed by atoms with E-state index in [-0.39, 0.29) is 29.4 Å². The zero-order valence-corrected chi connectivity index (χ0v) is 20.3. The van der Waals surface area contributed by atoms with Crippen LogP contribution < -0.4 is 14.8 Å². The molecule has 2 amide bonds. The average Bonchev–Trinajstić information content (AvgIpc) is 3.49. The molecule has 1 N–H and O–H groups in total. The number of nitrogens with zero attached hydrogens (tertiary/aromatic N) is 2. The van der Waals surface area contributed by atoms with E-state index < -0.39 is 0 Å². The van der Waals surface area contributed by atoms with Crippen LogP contribution in [0.4, 0.5) is 5.82 Å². The summed E-state index contributed by atoms with van der Waals surface area (Å²) in [5.41, 5.74) is 2.18. The number of amides is 2. The molecule has 0 fully saturated rings. The van der Waals surface area contributed by atoms with Crippen LogP contribution >= 0.6 is 23.1 Å². The van der Waals surface area contributed by atoms with Gasteiger partial charge in [-0.15, -0.1) is 23.1 Å². The number of ether oxygens (including phenoxy) is 2. The molecule has 8 nitrogen and oxygen atoms in total. The van der Waals surface area contributed by atoms with Gasteiger partial charge in [0, 0.05) is 17.5 Å². The Morgan fingerprint density at radius 2 is 2.03 bits per heavy atom. The maximum Gasteiger partial charge on any atom is 0.235 e. The fourth-order valence-electron chi connectivity index (χ4n) is 3.89. The van der Waals surface area contributed by atoms with E-state index in [1.807, 2.05) is 34.5 Å². The van der Waals surface area contributed by atoms with E-state index >= 15 is 0 Å². The van der Waals surface area contributed by atoms with Crippen LogP contribution in [-0.4, -0.2) is 54.1 Å². The van der Waals surface area contributed by atoms with Crippen molar-refractivity contribution in [3.05, 3.63) is 57.5 Å². The van der Waals surface area contributed by atoms with E-state index in [1.165, 1.54) is 11.8 Å². The molecule has 0 spiro atoms. The van der Waals surface area contributed by atoms with Crippen LogP contribution in [0.5, 0.6) is 11.5 Å². The zero-order valence-electron chi connectivity index (χ0n) is 18.6. The van der Waals surface area contributed by atoms with Crippen molar-refractivity contribution < 1.29 is 23.6 Å². The van der Waals surface area contributed by atoms with Crippen molar-refractivity contribution >= 4 is 40.7 Å². The lowest BCUT2D eigenvalue weighted by Gasteiger charge is -2.37. The van der Waals surface area contributed by atoms with E-state index in [9.17, 15) is 9.59 Å². The Labute approximate surface area is 200 Å². The third-order valence-corrected chi connectivity index (χ3v) is 7.20. The van der Waals surface area contributed by atoms with Gasteiger partial charge in [0.15, 0.2) is 17.3 Å². The highest BCUT2D eigenvalue weighted by Crippen LogP contribution is 2.42. The average molecular weight is 488 g/mol. The van der Waals surface area contributed by atoms with Crippen LogP contribution in [0, 0.1) is 6.92 Å². The molecular weight excluding hydrogens is 462 g/mol. The first-order chi connectivity index (χ1) is 16.0. The van der Waals surface area contributed by atoms with Gasteiger partial charge in [0.05, 0.1) is 31.8 Å². The van der Waals surface area contributed by atoms with E-state index in [4.69, 9.17) is 14.0 Å². The molecule has 3 heterocycles. The molecule has 3 aromatic rings. The fraction of sp³-hybridized carbons (Fsp3) is 0.348. The second-order valence-electron chi connectivity index (χ2n) is 7.52. The summed E-state index contributed by atoms with van der Waals surface area (Å²) in [7, 11) is 3.23. The van der Waals surface area contributed by atoms with Crippen molar-refractivity contribution in [1.82, 2.24) is 10.1 Å². The molecule has 1 atom stereocenters. The Balaban J connectivity index is 1.47. The summed E-state index contributed by atoms with van der Waals surface area (Å²) in [6, 6.07) is 9.45. The van der Waals surface area contributed by atoms with E-state index in [0.717, 1.165) is 22.4 Å². The number of hydrogen-bond donors (Lipinski definition) is 1. The standard InChI is InChI=1S/C23H25N3O5S2/c1-14-9-20(25-31-14)24-21(27)12-32-13-22(28)26-7-6-15-10-17(29-2)18(30-3)11-16(15)23(26)19-5-4-8-33-19/h4-5,8-11,23H,6-7,12-13H2,1-3H3,(H,24,25,27). The first kappa shape index (κ1) is 23.2. The maximum atomic E-state index is 13.2. The molecule has 0 saturated heterocycles. The zero-order chi connectivity index (χ0) is 23.4. The van der Waals surface area contributed by atoms with Gasteiger partial charge < -0.3 is 24.2 Å². The summed E-state index contributed by atoms with van der Waals surface area (Å²) in [4.78, 5) is 28.4. The number of carbonyl (C=O) groups is 2. The number of thioether (sulfide) groups is 1. The predicted molar refractivity (Wildman–Crippen MR) is 128 cm³/mol. The lowest BCUT2D eigenvalue weighted by molar-refractivity contribution is -0.130. The highest BCUT2D eigenvalue weighted by Gasteiger charge is 2.33. The molecule has 33 heavy (non-hydrogen) atoms. The van der Waals surface area contributed by atoms with Crippen molar-refractivity contribution in [3.8, 4) is 11.5 Å². The van der Waals surface area contributed by atoms with Crippen molar-refractivity contribution in [2.24, 2.45) is 0 Å². The minimum atomic E-state index is -0.225. The number of hydrogen-bond acceptors (Lipinski definition) is 8. The predicted octanol–water partition coefficient (Wildman–Crippen LogP) is 3.91. The minimum absolute atomic E-state index is 0.0103. The second-order valence-corrected chi connectivity index (χ2v) is 9.49. The number of anilines is 1. The lowest BCUT2D eigenvalue weighted by Crippen LogP contribution is -2.41. The number of aromatic nitrogens is 1. The largest absolute Gasteiger partial charge is 0.493 e. The lowest BCUT2D eigenvalue weighted by atomic mass is 9.91. The van der Waals surface area contributed by atoms with Crippen LogP contribution in [0.1, 0.15) is 27.8 Å². The van der Waals surface area contributed by atoms with Gasteiger partial charge in [0.2, 0.25) is 11.8 Å². The molecule has 1 aliphatic heterocycles. The van der Waals surface area contributed by atoms with Crippen molar-refractivity contribution in [3.63, 3.8) is 0 Å². The summed E-state index contributed by atoms with van der Waals surface area (Å²) in [5.74, 6) is 2.44. The van der Waals surface area contributed by atoms with Gasteiger partial charge in [-0.1, -0.05) is 11.2 Å². The van der Waals surface area contributed by atoms with Gasteiger partial charge in [-0.05, 0) is 48.1 Å². The van der Waals surface area contributed by atoms with Gasteiger partial charge in [-0.25, -0.2) is 0 Å². The quantitative estimate of drug-likeness (QED) is 0.515. The van der Waals surface area contributed by atoms with E-state index in [1.54, 1.807) is 38.5 Å². The number of benzene rings is 1. The molecule has 1 unspecified atom stereocenters. The van der Waals surface area contributed by atoms with Gasteiger partial charge >= 0.3 is 0 Å². The molecule has 1 aliphatic rings. The summed E-state index contributed by atoms with van der Waals surface area (Å²) in [6.07, 6.45) is 0.722. The van der Waals surface area contributed by atoms with Crippen molar-refractivity contribution in [2.75, 3.05) is 37.6 Å². The molecule has 4 rings (SSSR count). The van der Waals surface area contributed by atoms with Crippen LogP contribution in [-0.2, 0) is 16.0 Å². The van der Waals surface area contributed by atoms with Gasteiger partial charge in [-0.2, -0.15) is 0 Å². The summed E-state index contributed by atoms with van der Waals surface area (Å²) in [6.45, 7) is 2.34. The summed E-state index contributed by atoms with van der Waals surface area (Å²) >= 11 is 2.90. The molecule has 0 saturated carbocycles. The molecule has 0 bridgehead atoms. The third-order valence-electron chi connectivity index (χ3n) is 5.36.